The highest BCUT2D eigenvalue weighted by Crippen LogP contribution is 2.20. The lowest BCUT2D eigenvalue weighted by Gasteiger charge is -2.10. The van der Waals surface area contributed by atoms with Gasteiger partial charge in [0.1, 0.15) is 11.3 Å². The van der Waals surface area contributed by atoms with E-state index >= 15 is 0 Å². The van der Waals surface area contributed by atoms with Gasteiger partial charge in [0.15, 0.2) is 0 Å². The number of fused-ring (bicyclic) bond motifs is 1. The first-order valence-electron chi connectivity index (χ1n) is 7.69. The molecule has 126 valence electrons. The molecule has 0 spiro atoms. The van der Waals surface area contributed by atoms with Crippen LogP contribution in [0.4, 0.5) is 0 Å². The number of carbonyl (C=O) groups is 1. The van der Waals surface area contributed by atoms with Crippen molar-refractivity contribution in [1.82, 2.24) is 20.6 Å². The van der Waals surface area contributed by atoms with Crippen molar-refractivity contribution in [2.24, 2.45) is 4.99 Å². The number of aromatic nitrogens is 2. The molecule has 1 amide bonds. The third-order valence-electron chi connectivity index (χ3n) is 3.99. The fourth-order valence-corrected chi connectivity index (χ4v) is 2.81. The molecule has 7 nitrogen and oxygen atoms in total. The first kappa shape index (κ1) is 16.5. The Bertz CT molecular complexity index is 808. The summed E-state index contributed by atoms with van der Waals surface area (Å²) in [6.45, 7) is 1.47. The van der Waals surface area contributed by atoms with Gasteiger partial charge in [-0.1, -0.05) is 0 Å². The summed E-state index contributed by atoms with van der Waals surface area (Å²) >= 11 is 0. The average Bonchev–Trinajstić information content (AvgIpc) is 3.28. The van der Waals surface area contributed by atoms with Crippen molar-refractivity contribution in [1.29, 1.82) is 0 Å². The lowest BCUT2D eigenvalue weighted by Crippen LogP contribution is -2.40. The van der Waals surface area contributed by atoms with Crippen LogP contribution in [0.25, 0.3) is 17.1 Å². The van der Waals surface area contributed by atoms with Crippen molar-refractivity contribution >= 4 is 41.4 Å². The Hall–Kier alpha value is -2.38. The first-order valence-corrected chi connectivity index (χ1v) is 7.69. The maximum Gasteiger partial charge on any atom is 0.276 e. The number of carbonyl (C=O) groups excluding carboxylic acids is 1. The molecule has 2 aromatic heterocycles. The van der Waals surface area contributed by atoms with Gasteiger partial charge in [-0.15, -0.1) is 12.4 Å². The number of guanidine groups is 1. The number of amides is 1. The highest BCUT2D eigenvalue weighted by atomic mass is 35.5. The zero-order valence-electron chi connectivity index (χ0n) is 12.9. The highest BCUT2D eigenvalue weighted by molar-refractivity contribution is 6.14. The number of hydrogen-bond acceptors (Lipinski definition) is 5. The monoisotopic (exact) mass is 347 g/mol. The van der Waals surface area contributed by atoms with Crippen LogP contribution < -0.4 is 10.6 Å². The van der Waals surface area contributed by atoms with Crippen molar-refractivity contribution in [2.45, 2.75) is 18.9 Å². The van der Waals surface area contributed by atoms with Crippen molar-refractivity contribution in [3.63, 3.8) is 0 Å². The Morgan fingerprint density at radius 1 is 1.46 bits per heavy atom. The summed E-state index contributed by atoms with van der Waals surface area (Å²) < 4.78 is 5.54. The molecule has 2 aliphatic rings. The highest BCUT2D eigenvalue weighted by Gasteiger charge is 2.22. The van der Waals surface area contributed by atoms with E-state index in [1.54, 1.807) is 12.3 Å². The molecule has 0 saturated carbocycles. The minimum Gasteiger partial charge on any atom is -0.376 e. The number of halogens is 1. The third kappa shape index (κ3) is 3.27. The molecule has 1 atom stereocenters. The molecule has 0 radical (unpaired) electrons. The molecule has 24 heavy (non-hydrogen) atoms. The van der Waals surface area contributed by atoms with E-state index in [4.69, 9.17) is 4.74 Å². The number of rotatable bonds is 3. The molecule has 3 N–H and O–H groups in total. The van der Waals surface area contributed by atoms with Crippen LogP contribution >= 0.6 is 12.4 Å². The molecule has 1 unspecified atom stereocenters. The Morgan fingerprint density at radius 2 is 2.38 bits per heavy atom. The number of hydrogen-bond donors (Lipinski definition) is 3. The number of H-pyrrole nitrogens is 1. The van der Waals surface area contributed by atoms with Crippen LogP contribution in [0.15, 0.2) is 35.2 Å². The molecule has 8 heteroatoms. The minimum absolute atomic E-state index is 0. The number of aliphatic imine (C=N–C) groups is 1. The first-order chi connectivity index (χ1) is 11.3. The van der Waals surface area contributed by atoms with Gasteiger partial charge in [-0.25, -0.2) is 9.98 Å². The summed E-state index contributed by atoms with van der Waals surface area (Å²) in [7, 11) is 0. The second kappa shape index (κ2) is 7.02. The quantitative estimate of drug-likeness (QED) is 0.735. The summed E-state index contributed by atoms with van der Waals surface area (Å²) in [5.74, 6) is 0.271. The van der Waals surface area contributed by atoms with Crippen LogP contribution in [0.3, 0.4) is 0 Å². The zero-order chi connectivity index (χ0) is 15.6. The van der Waals surface area contributed by atoms with E-state index < -0.39 is 0 Å². The Kier molecular flexibility index (Phi) is 4.82. The summed E-state index contributed by atoms with van der Waals surface area (Å²) in [5.41, 5.74) is 2.06. The standard InChI is InChI=1S/C16H17N5O2.ClH/c22-15-13(7-10-8-18-14-12(10)4-1-5-17-14)20-16(21-15)19-9-11-3-2-6-23-11;/h1,4-5,7-8,11H,2-3,6,9H2,(H,17,18)(H2,19,20,21,22);1H/b13-7-;. The molecule has 0 aromatic carbocycles. The van der Waals surface area contributed by atoms with E-state index in [0.717, 1.165) is 36.0 Å². The summed E-state index contributed by atoms with van der Waals surface area (Å²) in [6, 6.07) is 3.82. The van der Waals surface area contributed by atoms with Crippen molar-refractivity contribution in [3.8, 4) is 0 Å². The van der Waals surface area contributed by atoms with Gasteiger partial charge in [0.2, 0.25) is 5.96 Å². The number of ether oxygens (including phenoxy) is 1. The fourth-order valence-electron chi connectivity index (χ4n) is 2.81. The maximum atomic E-state index is 12.1. The number of aromatic amines is 1. The Morgan fingerprint density at radius 3 is 3.21 bits per heavy atom. The van der Waals surface area contributed by atoms with Crippen molar-refractivity contribution in [3.05, 3.63) is 35.8 Å². The second-order valence-electron chi connectivity index (χ2n) is 5.60. The van der Waals surface area contributed by atoms with Gasteiger partial charge in [-0.05, 0) is 31.1 Å². The molecule has 0 aliphatic carbocycles. The number of nitrogens with zero attached hydrogens (tertiary/aromatic N) is 2. The van der Waals surface area contributed by atoms with Gasteiger partial charge in [-0.2, -0.15) is 0 Å². The Labute approximate surface area is 145 Å². The number of nitrogens with one attached hydrogen (secondary N) is 3. The second-order valence-corrected chi connectivity index (χ2v) is 5.60. The summed E-state index contributed by atoms with van der Waals surface area (Å²) in [4.78, 5) is 23.7. The van der Waals surface area contributed by atoms with E-state index in [9.17, 15) is 4.79 Å². The molecule has 2 aromatic rings. The van der Waals surface area contributed by atoms with Crippen LogP contribution in [0.2, 0.25) is 0 Å². The molecule has 1 fully saturated rings. The topological polar surface area (TPSA) is 91.4 Å². The lowest BCUT2D eigenvalue weighted by molar-refractivity contribution is -0.115. The van der Waals surface area contributed by atoms with E-state index in [1.165, 1.54) is 0 Å². The molecule has 4 heterocycles. The molecule has 2 aliphatic heterocycles. The molecular formula is C16H18ClN5O2. The van der Waals surface area contributed by atoms with Gasteiger partial charge < -0.3 is 15.0 Å². The van der Waals surface area contributed by atoms with Gasteiger partial charge in [-0.3, -0.25) is 10.1 Å². The van der Waals surface area contributed by atoms with Crippen molar-refractivity contribution in [2.75, 3.05) is 13.2 Å². The average molecular weight is 348 g/mol. The largest absolute Gasteiger partial charge is 0.376 e. The molecule has 1 saturated heterocycles. The fraction of sp³-hybridized carbons (Fsp3) is 0.312. The van der Waals surface area contributed by atoms with Crippen LogP contribution in [0.5, 0.6) is 0 Å². The van der Waals surface area contributed by atoms with Crippen LogP contribution in [0.1, 0.15) is 18.4 Å². The maximum absolute atomic E-state index is 12.1. The van der Waals surface area contributed by atoms with E-state index in [2.05, 4.69) is 25.6 Å². The molecule has 4 rings (SSSR count). The summed E-state index contributed by atoms with van der Waals surface area (Å²) in [5, 5.41) is 6.83. The predicted molar refractivity (Wildman–Crippen MR) is 93.9 cm³/mol. The normalized spacial score (nSPS) is 21.7. The van der Waals surface area contributed by atoms with Crippen LogP contribution in [-0.4, -0.2) is 41.1 Å². The summed E-state index contributed by atoms with van der Waals surface area (Å²) in [6.07, 6.45) is 7.64. The van der Waals surface area contributed by atoms with Crippen LogP contribution in [-0.2, 0) is 9.53 Å². The lowest BCUT2D eigenvalue weighted by atomic mass is 10.2. The van der Waals surface area contributed by atoms with Crippen molar-refractivity contribution < 1.29 is 9.53 Å². The van der Waals surface area contributed by atoms with Gasteiger partial charge in [0.05, 0.1) is 6.10 Å². The zero-order valence-corrected chi connectivity index (χ0v) is 13.7. The van der Waals surface area contributed by atoms with Gasteiger partial charge in [0.25, 0.3) is 5.91 Å². The van der Waals surface area contributed by atoms with E-state index in [-0.39, 0.29) is 24.4 Å². The van der Waals surface area contributed by atoms with E-state index in [0.29, 0.717) is 18.2 Å². The Balaban J connectivity index is 0.00000169. The third-order valence-corrected chi connectivity index (χ3v) is 3.99. The van der Waals surface area contributed by atoms with Gasteiger partial charge in [0, 0.05) is 36.5 Å². The molecule has 0 bridgehead atoms. The molecular weight excluding hydrogens is 330 g/mol. The van der Waals surface area contributed by atoms with E-state index in [1.807, 2.05) is 18.3 Å². The van der Waals surface area contributed by atoms with Gasteiger partial charge >= 0.3 is 0 Å². The van der Waals surface area contributed by atoms with Crippen LogP contribution in [0, 0.1) is 0 Å². The predicted octanol–water partition coefficient (Wildman–Crippen LogP) is 1.58. The number of pyridine rings is 1. The minimum atomic E-state index is -0.210. The SMILES string of the molecule is Cl.O=C1NC(NCC2CCCO2)=N/C1=C\c1c[nH]c2ncccc12. The smallest absolute Gasteiger partial charge is 0.276 e.